The number of thiophene rings is 1. The third-order valence-corrected chi connectivity index (χ3v) is 4.24. The molecule has 1 saturated heterocycles. The van der Waals surface area contributed by atoms with Crippen LogP contribution in [0.1, 0.15) is 23.8 Å². The van der Waals surface area contributed by atoms with Crippen LogP contribution in [0.2, 0.25) is 0 Å². The molecule has 1 aliphatic rings. The molecule has 5 heteroatoms. The fourth-order valence-electron chi connectivity index (χ4n) is 2.16. The van der Waals surface area contributed by atoms with E-state index in [0.717, 1.165) is 18.7 Å². The maximum absolute atomic E-state index is 9.20. The van der Waals surface area contributed by atoms with Gasteiger partial charge in [-0.05, 0) is 13.0 Å². The molecule has 2 heterocycles. The summed E-state index contributed by atoms with van der Waals surface area (Å²) in [4.78, 5) is 3.60. The molecule has 0 aromatic carbocycles. The molecule has 2 unspecified atom stereocenters. The third-order valence-electron chi connectivity index (χ3n) is 3.32. The highest BCUT2D eigenvalue weighted by molar-refractivity contribution is 7.10. The normalized spacial score (nSPS) is 23.4. The van der Waals surface area contributed by atoms with E-state index in [1.54, 1.807) is 11.3 Å². The van der Waals surface area contributed by atoms with Crippen molar-refractivity contribution >= 4 is 11.3 Å². The summed E-state index contributed by atoms with van der Waals surface area (Å²) in [6.07, 6.45) is 0.444. The minimum atomic E-state index is -0.0741. The molecule has 1 aromatic rings. The molecule has 2 atom stereocenters. The number of morpholine rings is 1. The van der Waals surface area contributed by atoms with E-state index in [4.69, 9.17) is 9.84 Å². The van der Waals surface area contributed by atoms with Gasteiger partial charge in [-0.3, -0.25) is 4.90 Å². The van der Waals surface area contributed by atoms with Gasteiger partial charge in [-0.15, -0.1) is 11.3 Å². The minimum Gasteiger partial charge on any atom is -0.395 e. The summed E-state index contributed by atoms with van der Waals surface area (Å²) in [5, 5.41) is 20.0. The highest BCUT2D eigenvalue weighted by Gasteiger charge is 2.25. The van der Waals surface area contributed by atoms with Crippen LogP contribution in [-0.4, -0.2) is 53.6 Å². The van der Waals surface area contributed by atoms with Gasteiger partial charge in [-0.2, -0.15) is 0 Å². The zero-order valence-corrected chi connectivity index (χ0v) is 12.5. The van der Waals surface area contributed by atoms with Crippen molar-refractivity contribution in [1.82, 2.24) is 4.90 Å². The molecule has 0 spiro atoms. The van der Waals surface area contributed by atoms with E-state index in [2.05, 4.69) is 29.7 Å². The Balaban J connectivity index is 1.94. The lowest BCUT2D eigenvalue weighted by atomic mass is 10.2. The first-order chi connectivity index (χ1) is 9.72. The Hall–Kier alpha value is -0.900. The van der Waals surface area contributed by atoms with Crippen molar-refractivity contribution < 1.29 is 14.9 Å². The average molecular weight is 295 g/mol. The Labute approximate surface area is 124 Å². The van der Waals surface area contributed by atoms with Crippen molar-refractivity contribution in [3.05, 3.63) is 21.9 Å². The number of rotatable bonds is 4. The molecule has 2 N–H and O–H groups in total. The van der Waals surface area contributed by atoms with Crippen LogP contribution in [0, 0.1) is 11.8 Å². The van der Waals surface area contributed by atoms with Crippen molar-refractivity contribution in [1.29, 1.82) is 0 Å². The number of hydrogen-bond donors (Lipinski definition) is 2. The summed E-state index contributed by atoms with van der Waals surface area (Å²) in [6, 6.07) is 2.47. The number of hydrogen-bond acceptors (Lipinski definition) is 5. The zero-order valence-electron chi connectivity index (χ0n) is 11.7. The molecule has 1 fully saturated rings. The number of aliphatic hydroxyl groups excluding tert-OH is 2. The predicted molar refractivity (Wildman–Crippen MR) is 79.6 cm³/mol. The summed E-state index contributed by atoms with van der Waals surface area (Å²) in [5.41, 5.74) is 1.01. The lowest BCUT2D eigenvalue weighted by Gasteiger charge is -2.37. The highest BCUT2D eigenvalue weighted by atomic mass is 32.1. The van der Waals surface area contributed by atoms with E-state index >= 15 is 0 Å². The molecule has 0 aliphatic carbocycles. The van der Waals surface area contributed by atoms with Gasteiger partial charge in [0.25, 0.3) is 0 Å². The van der Waals surface area contributed by atoms with Crippen molar-refractivity contribution in [2.45, 2.75) is 32.0 Å². The van der Waals surface area contributed by atoms with Gasteiger partial charge in [0.1, 0.15) is 0 Å². The second kappa shape index (κ2) is 7.77. The molecule has 0 saturated carbocycles. The summed E-state index contributed by atoms with van der Waals surface area (Å²) in [5.74, 6) is 5.98. The first-order valence-electron chi connectivity index (χ1n) is 6.86. The Morgan fingerprint density at radius 3 is 3.10 bits per heavy atom. The van der Waals surface area contributed by atoms with Gasteiger partial charge >= 0.3 is 0 Å². The molecule has 20 heavy (non-hydrogen) atoms. The van der Waals surface area contributed by atoms with E-state index < -0.39 is 0 Å². The third kappa shape index (κ3) is 4.30. The predicted octanol–water partition coefficient (Wildman–Crippen LogP) is 1.06. The SMILES string of the molecule is CC1COC(CO)CN1Cc1cc(C#CCCO)cs1. The van der Waals surface area contributed by atoms with Crippen LogP contribution in [0.3, 0.4) is 0 Å². The highest BCUT2D eigenvalue weighted by Crippen LogP contribution is 2.20. The van der Waals surface area contributed by atoms with E-state index in [1.807, 2.05) is 5.38 Å². The van der Waals surface area contributed by atoms with E-state index in [-0.39, 0.29) is 19.3 Å². The Kier molecular flexibility index (Phi) is 6.02. The molecule has 0 amide bonds. The number of ether oxygens (including phenoxy) is 1. The first-order valence-corrected chi connectivity index (χ1v) is 7.74. The van der Waals surface area contributed by atoms with Crippen LogP contribution in [-0.2, 0) is 11.3 Å². The standard InChI is InChI=1S/C15H21NO3S/c1-12-10-19-14(9-18)7-16(12)8-15-6-13(11-20-15)4-2-3-5-17/h6,11-12,14,17-18H,3,5,7-10H2,1H3. The van der Waals surface area contributed by atoms with Gasteiger partial charge in [0.05, 0.1) is 25.9 Å². The molecular weight excluding hydrogens is 274 g/mol. The second-order valence-corrected chi connectivity index (χ2v) is 5.99. The van der Waals surface area contributed by atoms with Gasteiger partial charge < -0.3 is 14.9 Å². The molecule has 1 aromatic heterocycles. The molecule has 2 rings (SSSR count). The first kappa shape index (κ1) is 15.5. The van der Waals surface area contributed by atoms with E-state index in [1.165, 1.54) is 4.88 Å². The second-order valence-electron chi connectivity index (χ2n) is 4.99. The summed E-state index contributed by atoms with van der Waals surface area (Å²) < 4.78 is 5.54. The number of aliphatic hydroxyl groups is 2. The van der Waals surface area contributed by atoms with Gasteiger partial charge in [0.2, 0.25) is 0 Å². The Morgan fingerprint density at radius 1 is 1.50 bits per heavy atom. The van der Waals surface area contributed by atoms with Crippen LogP contribution in [0.5, 0.6) is 0 Å². The van der Waals surface area contributed by atoms with Crippen molar-refractivity contribution in [3.63, 3.8) is 0 Å². The Bertz CT molecular complexity index is 477. The summed E-state index contributed by atoms with van der Waals surface area (Å²) >= 11 is 1.70. The number of nitrogens with zero attached hydrogens (tertiary/aromatic N) is 1. The molecule has 110 valence electrons. The van der Waals surface area contributed by atoms with Crippen LogP contribution in [0.25, 0.3) is 0 Å². The van der Waals surface area contributed by atoms with Crippen LogP contribution in [0.4, 0.5) is 0 Å². The quantitative estimate of drug-likeness (QED) is 0.816. The van der Waals surface area contributed by atoms with Crippen molar-refractivity contribution in [2.24, 2.45) is 0 Å². The Morgan fingerprint density at radius 2 is 2.35 bits per heavy atom. The van der Waals surface area contributed by atoms with E-state index in [0.29, 0.717) is 19.1 Å². The van der Waals surface area contributed by atoms with Gasteiger partial charge in [-0.25, -0.2) is 0 Å². The summed E-state index contributed by atoms with van der Waals surface area (Å²) in [6.45, 7) is 4.63. The molecule has 1 aliphatic heterocycles. The maximum atomic E-state index is 9.20. The fraction of sp³-hybridized carbons (Fsp3) is 0.600. The van der Waals surface area contributed by atoms with Crippen molar-refractivity contribution in [2.75, 3.05) is 26.4 Å². The van der Waals surface area contributed by atoms with Gasteiger partial charge in [0, 0.05) is 41.4 Å². The lowest BCUT2D eigenvalue weighted by molar-refractivity contribution is -0.0802. The molecule has 4 nitrogen and oxygen atoms in total. The van der Waals surface area contributed by atoms with E-state index in [9.17, 15) is 5.11 Å². The lowest BCUT2D eigenvalue weighted by Crippen LogP contribution is -2.48. The summed E-state index contributed by atoms with van der Waals surface area (Å²) in [7, 11) is 0. The molecular formula is C15H21NO3S. The topological polar surface area (TPSA) is 52.9 Å². The van der Waals surface area contributed by atoms with Gasteiger partial charge in [-0.1, -0.05) is 11.8 Å². The van der Waals surface area contributed by atoms with Crippen LogP contribution < -0.4 is 0 Å². The minimum absolute atomic E-state index is 0.0741. The smallest absolute Gasteiger partial charge is 0.0933 e. The fourth-order valence-corrected chi connectivity index (χ4v) is 3.00. The zero-order chi connectivity index (χ0) is 14.4. The average Bonchev–Trinajstić information content (AvgIpc) is 2.89. The molecule has 0 radical (unpaired) electrons. The molecule has 0 bridgehead atoms. The maximum Gasteiger partial charge on any atom is 0.0933 e. The largest absolute Gasteiger partial charge is 0.395 e. The van der Waals surface area contributed by atoms with Gasteiger partial charge in [0.15, 0.2) is 0 Å². The van der Waals surface area contributed by atoms with Crippen LogP contribution in [0.15, 0.2) is 11.4 Å². The monoisotopic (exact) mass is 295 g/mol. The van der Waals surface area contributed by atoms with Crippen LogP contribution >= 0.6 is 11.3 Å². The van der Waals surface area contributed by atoms with Crippen molar-refractivity contribution in [3.8, 4) is 11.8 Å².